The fourth-order valence-electron chi connectivity index (χ4n) is 2.66. The van der Waals surface area contributed by atoms with Gasteiger partial charge in [-0.3, -0.25) is 4.79 Å². The van der Waals surface area contributed by atoms with Crippen LogP contribution in [0.1, 0.15) is 20.9 Å². The Hall–Kier alpha value is -3.67. The van der Waals surface area contributed by atoms with Gasteiger partial charge in [0.15, 0.2) is 12.4 Å². The number of carbonyl (C=O) groups is 2. The molecular weight excluding hydrogens is 332 g/mol. The number of para-hydroxylation sites is 2. The zero-order valence-electron chi connectivity index (χ0n) is 13.7. The maximum Gasteiger partial charge on any atom is 0.340 e. The molecule has 4 rings (SSSR count). The van der Waals surface area contributed by atoms with Crippen LogP contribution in [0, 0.1) is 0 Å². The molecule has 0 bridgehead atoms. The normalized spacial score (nSPS) is 10.8. The number of esters is 1. The van der Waals surface area contributed by atoms with Gasteiger partial charge in [-0.2, -0.15) is 5.10 Å². The Morgan fingerprint density at radius 1 is 1.04 bits per heavy atom. The van der Waals surface area contributed by atoms with Crippen LogP contribution in [-0.2, 0) is 4.74 Å². The molecule has 0 unspecified atom stereocenters. The molecule has 0 aliphatic heterocycles. The predicted octanol–water partition coefficient (Wildman–Crippen LogP) is 3.66. The highest BCUT2D eigenvalue weighted by atomic mass is 16.5. The number of furan rings is 1. The van der Waals surface area contributed by atoms with Crippen molar-refractivity contribution in [3.63, 3.8) is 0 Å². The Morgan fingerprint density at radius 2 is 1.85 bits per heavy atom. The van der Waals surface area contributed by atoms with Crippen LogP contribution in [0.5, 0.6) is 0 Å². The van der Waals surface area contributed by atoms with Crippen LogP contribution in [0.15, 0.2) is 77.5 Å². The van der Waals surface area contributed by atoms with Crippen LogP contribution in [0.3, 0.4) is 0 Å². The molecule has 0 aliphatic rings. The molecule has 128 valence electrons. The van der Waals surface area contributed by atoms with Crippen LogP contribution < -0.4 is 0 Å². The minimum absolute atomic E-state index is 0.166. The third-order valence-corrected chi connectivity index (χ3v) is 3.91. The van der Waals surface area contributed by atoms with Crippen molar-refractivity contribution in [2.24, 2.45) is 0 Å². The highest BCUT2D eigenvalue weighted by Gasteiger charge is 2.18. The Morgan fingerprint density at radius 3 is 2.65 bits per heavy atom. The van der Waals surface area contributed by atoms with Gasteiger partial charge < -0.3 is 9.15 Å². The number of fused-ring (bicyclic) bond motifs is 1. The van der Waals surface area contributed by atoms with Gasteiger partial charge in [0, 0.05) is 17.8 Å². The quantitative estimate of drug-likeness (QED) is 0.407. The number of benzene rings is 2. The summed E-state index contributed by atoms with van der Waals surface area (Å²) in [5.41, 5.74) is 1.53. The molecule has 6 nitrogen and oxygen atoms in total. The lowest BCUT2D eigenvalue weighted by atomic mass is 10.2. The third kappa shape index (κ3) is 3.00. The number of aromatic nitrogens is 2. The topological polar surface area (TPSA) is 74.3 Å². The van der Waals surface area contributed by atoms with Gasteiger partial charge in [-0.1, -0.05) is 30.3 Å². The Balaban J connectivity index is 1.50. The highest BCUT2D eigenvalue weighted by Crippen LogP contribution is 2.20. The first-order valence-electron chi connectivity index (χ1n) is 8.00. The number of hydrogen-bond donors (Lipinski definition) is 0. The van der Waals surface area contributed by atoms with Crippen molar-refractivity contribution in [1.29, 1.82) is 0 Å². The van der Waals surface area contributed by atoms with E-state index in [0.29, 0.717) is 16.8 Å². The molecule has 0 amide bonds. The molecule has 0 aliphatic carbocycles. The largest absolute Gasteiger partial charge is 0.453 e. The van der Waals surface area contributed by atoms with Gasteiger partial charge in [0.05, 0.1) is 11.3 Å². The smallest absolute Gasteiger partial charge is 0.340 e. The molecule has 0 fully saturated rings. The molecule has 0 atom stereocenters. The van der Waals surface area contributed by atoms with E-state index in [-0.39, 0.29) is 5.76 Å². The molecule has 6 heteroatoms. The SMILES string of the molecule is O=C(COC(=O)c1ccccc1-n1cccn1)c1cc2ccccc2o1. The summed E-state index contributed by atoms with van der Waals surface area (Å²) in [4.78, 5) is 24.7. The number of carbonyl (C=O) groups excluding carboxylic acids is 2. The minimum Gasteiger partial charge on any atom is -0.453 e. The van der Waals surface area contributed by atoms with Crippen LogP contribution in [0.4, 0.5) is 0 Å². The van der Waals surface area contributed by atoms with E-state index >= 15 is 0 Å². The van der Waals surface area contributed by atoms with Gasteiger partial charge in [0.1, 0.15) is 5.58 Å². The van der Waals surface area contributed by atoms with Crippen molar-refractivity contribution in [2.75, 3.05) is 6.61 Å². The molecule has 2 aromatic heterocycles. The fourth-order valence-corrected chi connectivity index (χ4v) is 2.66. The van der Waals surface area contributed by atoms with Gasteiger partial charge in [-0.25, -0.2) is 9.48 Å². The molecule has 0 spiro atoms. The second-order valence-electron chi connectivity index (χ2n) is 5.62. The number of Topliss-reactive ketones (excluding diaryl/α,β-unsaturated/α-hetero) is 1. The van der Waals surface area contributed by atoms with Gasteiger partial charge in [-0.05, 0) is 30.3 Å². The van der Waals surface area contributed by atoms with Crippen molar-refractivity contribution in [3.05, 3.63) is 84.4 Å². The number of nitrogens with zero attached hydrogens (tertiary/aromatic N) is 2. The fraction of sp³-hybridized carbons (Fsp3) is 0.0500. The van der Waals surface area contributed by atoms with Gasteiger partial charge >= 0.3 is 5.97 Å². The molecule has 2 heterocycles. The average molecular weight is 346 g/mol. The highest BCUT2D eigenvalue weighted by molar-refractivity contribution is 6.00. The van der Waals surface area contributed by atoms with Crippen LogP contribution in [0.25, 0.3) is 16.7 Å². The summed E-state index contributed by atoms with van der Waals surface area (Å²) >= 11 is 0. The molecule has 2 aromatic carbocycles. The van der Waals surface area contributed by atoms with E-state index in [1.54, 1.807) is 59.5 Å². The summed E-state index contributed by atoms with van der Waals surface area (Å²) in [7, 11) is 0. The first kappa shape index (κ1) is 15.8. The zero-order valence-corrected chi connectivity index (χ0v) is 13.7. The molecule has 0 radical (unpaired) electrons. The zero-order chi connectivity index (χ0) is 17.9. The van der Waals surface area contributed by atoms with Crippen molar-refractivity contribution < 1.29 is 18.7 Å². The lowest BCUT2D eigenvalue weighted by Gasteiger charge is -2.08. The van der Waals surface area contributed by atoms with E-state index in [0.717, 1.165) is 5.39 Å². The monoisotopic (exact) mass is 346 g/mol. The Labute approximate surface area is 148 Å². The summed E-state index contributed by atoms with van der Waals surface area (Å²) in [5.74, 6) is -0.828. The van der Waals surface area contributed by atoms with E-state index in [1.165, 1.54) is 0 Å². The Bertz CT molecular complexity index is 1050. The second-order valence-corrected chi connectivity index (χ2v) is 5.62. The van der Waals surface area contributed by atoms with Crippen LogP contribution >= 0.6 is 0 Å². The first-order chi connectivity index (χ1) is 12.7. The molecular formula is C20H14N2O4. The number of ether oxygens (including phenoxy) is 1. The van der Waals surface area contributed by atoms with Gasteiger partial charge in [-0.15, -0.1) is 0 Å². The van der Waals surface area contributed by atoms with E-state index in [9.17, 15) is 9.59 Å². The summed E-state index contributed by atoms with van der Waals surface area (Å²) < 4.78 is 12.3. The van der Waals surface area contributed by atoms with Crippen LogP contribution in [-0.4, -0.2) is 28.1 Å². The van der Waals surface area contributed by atoms with E-state index in [1.807, 2.05) is 18.2 Å². The van der Waals surface area contributed by atoms with Crippen molar-refractivity contribution >= 4 is 22.7 Å². The summed E-state index contributed by atoms with van der Waals surface area (Å²) in [6.07, 6.45) is 3.35. The summed E-state index contributed by atoms with van der Waals surface area (Å²) in [5, 5.41) is 4.95. The molecule has 0 saturated heterocycles. The molecule has 0 saturated carbocycles. The summed E-state index contributed by atoms with van der Waals surface area (Å²) in [6.45, 7) is -0.397. The number of rotatable bonds is 5. The molecule has 0 N–H and O–H groups in total. The minimum atomic E-state index is -0.597. The molecule has 26 heavy (non-hydrogen) atoms. The maximum atomic E-state index is 12.4. The average Bonchev–Trinajstić information content (AvgIpc) is 3.35. The Kier molecular flexibility index (Phi) is 4.07. The van der Waals surface area contributed by atoms with E-state index in [4.69, 9.17) is 9.15 Å². The molecule has 4 aromatic rings. The van der Waals surface area contributed by atoms with Crippen LogP contribution in [0.2, 0.25) is 0 Å². The predicted molar refractivity (Wildman–Crippen MR) is 94.4 cm³/mol. The second kappa shape index (κ2) is 6.68. The third-order valence-electron chi connectivity index (χ3n) is 3.91. The standard InChI is InChI=1S/C20H14N2O4/c23-17(19-12-14-6-1-4-9-18(14)26-19)13-25-20(24)15-7-2-3-8-16(15)22-11-5-10-21-22/h1-12H,13H2. The maximum absolute atomic E-state index is 12.4. The van der Waals surface area contributed by atoms with Crippen molar-refractivity contribution in [1.82, 2.24) is 9.78 Å². The number of ketones is 1. The first-order valence-corrected chi connectivity index (χ1v) is 8.00. The number of hydrogen-bond acceptors (Lipinski definition) is 5. The van der Waals surface area contributed by atoms with E-state index < -0.39 is 18.4 Å². The lowest BCUT2D eigenvalue weighted by molar-refractivity contribution is 0.0468. The van der Waals surface area contributed by atoms with Gasteiger partial charge in [0.25, 0.3) is 0 Å². The van der Waals surface area contributed by atoms with Gasteiger partial charge in [0.2, 0.25) is 5.78 Å². The van der Waals surface area contributed by atoms with E-state index in [2.05, 4.69) is 5.10 Å². The van der Waals surface area contributed by atoms with Crippen molar-refractivity contribution in [2.45, 2.75) is 0 Å². The summed E-state index contributed by atoms with van der Waals surface area (Å²) in [6, 6.07) is 17.6. The van der Waals surface area contributed by atoms with Crippen molar-refractivity contribution in [3.8, 4) is 5.69 Å². The lowest BCUT2D eigenvalue weighted by Crippen LogP contribution is -2.15.